The van der Waals surface area contributed by atoms with Crippen LogP contribution in [-0.2, 0) is 4.79 Å². The van der Waals surface area contributed by atoms with Crippen LogP contribution in [0.1, 0.15) is 32.3 Å². The van der Waals surface area contributed by atoms with E-state index in [0.717, 1.165) is 11.3 Å². The predicted octanol–water partition coefficient (Wildman–Crippen LogP) is 3.36. The van der Waals surface area contributed by atoms with Gasteiger partial charge in [0.1, 0.15) is 5.75 Å². The lowest BCUT2D eigenvalue weighted by atomic mass is 10.1. The summed E-state index contributed by atoms with van der Waals surface area (Å²) < 4.78 is 5.55. The lowest BCUT2D eigenvalue weighted by Gasteiger charge is -2.23. The van der Waals surface area contributed by atoms with Crippen molar-refractivity contribution in [1.82, 2.24) is 4.90 Å². The Labute approximate surface area is 121 Å². The highest BCUT2D eigenvalue weighted by Crippen LogP contribution is 2.34. The number of carbonyl (C=O) groups excluding carboxylic acids is 1. The van der Waals surface area contributed by atoms with Crippen LogP contribution in [0.3, 0.4) is 0 Å². The molecule has 0 aromatic heterocycles. The summed E-state index contributed by atoms with van der Waals surface area (Å²) in [4.78, 5) is 14.0. The third-order valence-corrected chi connectivity index (χ3v) is 3.89. The van der Waals surface area contributed by atoms with Crippen LogP contribution in [0.2, 0.25) is 0 Å². The maximum Gasteiger partial charge on any atom is 0.246 e. The summed E-state index contributed by atoms with van der Waals surface area (Å²) in [6.07, 6.45) is 5.96. The number of benzene rings is 1. The molecule has 0 saturated heterocycles. The molecule has 0 aliphatic heterocycles. The number of rotatable bonds is 6. The van der Waals surface area contributed by atoms with E-state index in [1.807, 2.05) is 49.2 Å². The molecule has 1 atom stereocenters. The number of para-hydroxylation sites is 1. The molecule has 1 aliphatic carbocycles. The summed E-state index contributed by atoms with van der Waals surface area (Å²) in [6, 6.07) is 8.09. The molecule has 3 nitrogen and oxygen atoms in total. The predicted molar refractivity (Wildman–Crippen MR) is 81.6 cm³/mol. The molecule has 1 amide bonds. The number of amides is 1. The molecule has 20 heavy (non-hydrogen) atoms. The first kappa shape index (κ1) is 14.6. The summed E-state index contributed by atoms with van der Waals surface area (Å²) in [5, 5.41) is 0. The summed E-state index contributed by atoms with van der Waals surface area (Å²) in [5.74, 6) is 1.56. The topological polar surface area (TPSA) is 29.5 Å². The molecule has 0 spiro atoms. The van der Waals surface area contributed by atoms with E-state index in [4.69, 9.17) is 4.74 Å². The fraction of sp³-hybridized carbons (Fsp3) is 0.471. The smallest absolute Gasteiger partial charge is 0.246 e. The number of carbonyl (C=O) groups is 1. The molecule has 1 fully saturated rings. The standard InChI is InChI=1S/C17H23NO2/c1-4-20-16-8-6-5-7-15(16)11-12-17(19)18(3)13(2)14-9-10-14/h5-8,11-14H,4,9-10H2,1-3H3/b12-11+. The molecule has 1 aromatic rings. The van der Waals surface area contributed by atoms with Gasteiger partial charge in [-0.3, -0.25) is 4.79 Å². The Bertz CT molecular complexity index is 492. The van der Waals surface area contributed by atoms with Gasteiger partial charge in [-0.25, -0.2) is 0 Å². The van der Waals surface area contributed by atoms with Crippen molar-refractivity contribution in [2.24, 2.45) is 5.92 Å². The van der Waals surface area contributed by atoms with E-state index in [9.17, 15) is 4.79 Å². The number of hydrogen-bond acceptors (Lipinski definition) is 2. The Kier molecular flexibility index (Phi) is 4.83. The molecule has 3 heteroatoms. The monoisotopic (exact) mass is 273 g/mol. The van der Waals surface area contributed by atoms with Crippen LogP contribution in [0, 0.1) is 5.92 Å². The molecular formula is C17H23NO2. The lowest BCUT2D eigenvalue weighted by molar-refractivity contribution is -0.126. The molecular weight excluding hydrogens is 250 g/mol. The van der Waals surface area contributed by atoms with Gasteiger partial charge in [0.05, 0.1) is 6.61 Å². The molecule has 0 bridgehead atoms. The average molecular weight is 273 g/mol. The van der Waals surface area contributed by atoms with Crippen molar-refractivity contribution >= 4 is 12.0 Å². The second-order valence-electron chi connectivity index (χ2n) is 5.33. The summed E-state index contributed by atoms with van der Waals surface area (Å²) in [6.45, 7) is 4.70. The summed E-state index contributed by atoms with van der Waals surface area (Å²) >= 11 is 0. The molecule has 2 rings (SSSR count). The van der Waals surface area contributed by atoms with Crippen molar-refractivity contribution in [3.63, 3.8) is 0 Å². The Morgan fingerprint density at radius 3 is 2.80 bits per heavy atom. The number of nitrogens with zero attached hydrogens (tertiary/aromatic N) is 1. The van der Waals surface area contributed by atoms with Gasteiger partial charge in [-0.2, -0.15) is 0 Å². The van der Waals surface area contributed by atoms with Crippen LogP contribution in [-0.4, -0.2) is 30.5 Å². The first-order valence-electron chi connectivity index (χ1n) is 7.30. The lowest BCUT2D eigenvalue weighted by Crippen LogP contribution is -2.35. The van der Waals surface area contributed by atoms with Crippen molar-refractivity contribution < 1.29 is 9.53 Å². The molecule has 1 aliphatic rings. The van der Waals surface area contributed by atoms with Crippen LogP contribution in [0.25, 0.3) is 6.08 Å². The van der Waals surface area contributed by atoms with E-state index >= 15 is 0 Å². The van der Waals surface area contributed by atoms with Gasteiger partial charge >= 0.3 is 0 Å². The number of hydrogen-bond donors (Lipinski definition) is 0. The SMILES string of the molecule is CCOc1ccccc1/C=C/C(=O)N(C)C(C)C1CC1. The maximum absolute atomic E-state index is 12.2. The van der Waals surface area contributed by atoms with Gasteiger partial charge in [-0.05, 0) is 44.7 Å². The Hall–Kier alpha value is -1.77. The van der Waals surface area contributed by atoms with Crippen LogP contribution in [0.15, 0.2) is 30.3 Å². The molecule has 108 valence electrons. The quantitative estimate of drug-likeness (QED) is 0.744. The molecule has 0 radical (unpaired) electrons. The fourth-order valence-corrected chi connectivity index (χ4v) is 2.28. The Morgan fingerprint density at radius 1 is 1.45 bits per heavy atom. The Balaban J connectivity index is 2.02. The van der Waals surface area contributed by atoms with Crippen LogP contribution in [0.5, 0.6) is 5.75 Å². The van der Waals surface area contributed by atoms with Crippen molar-refractivity contribution in [1.29, 1.82) is 0 Å². The molecule has 0 heterocycles. The van der Waals surface area contributed by atoms with Crippen molar-refractivity contribution in [3.05, 3.63) is 35.9 Å². The van der Waals surface area contributed by atoms with E-state index in [-0.39, 0.29) is 5.91 Å². The highest BCUT2D eigenvalue weighted by Gasteiger charge is 2.31. The molecule has 1 saturated carbocycles. The van der Waals surface area contributed by atoms with Gasteiger partial charge in [0.15, 0.2) is 0 Å². The largest absolute Gasteiger partial charge is 0.493 e. The zero-order valence-electron chi connectivity index (χ0n) is 12.5. The van der Waals surface area contributed by atoms with Gasteiger partial charge in [0.25, 0.3) is 0 Å². The van der Waals surface area contributed by atoms with Gasteiger partial charge in [0, 0.05) is 24.7 Å². The van der Waals surface area contributed by atoms with Gasteiger partial charge in [0.2, 0.25) is 5.91 Å². The normalized spacial score (nSPS) is 16.1. The highest BCUT2D eigenvalue weighted by molar-refractivity contribution is 5.92. The Morgan fingerprint density at radius 2 is 2.15 bits per heavy atom. The summed E-state index contributed by atoms with van der Waals surface area (Å²) in [7, 11) is 1.88. The maximum atomic E-state index is 12.2. The van der Waals surface area contributed by atoms with Gasteiger partial charge in [-0.15, -0.1) is 0 Å². The van der Waals surface area contributed by atoms with E-state index in [1.54, 1.807) is 6.08 Å². The van der Waals surface area contributed by atoms with Gasteiger partial charge in [-0.1, -0.05) is 18.2 Å². The van der Waals surface area contributed by atoms with E-state index < -0.39 is 0 Å². The minimum absolute atomic E-state index is 0.0516. The minimum atomic E-state index is 0.0516. The average Bonchev–Trinajstić information content (AvgIpc) is 3.29. The molecule has 0 N–H and O–H groups in total. The third-order valence-electron chi connectivity index (χ3n) is 3.89. The van der Waals surface area contributed by atoms with Crippen molar-refractivity contribution in [2.45, 2.75) is 32.7 Å². The van der Waals surface area contributed by atoms with Crippen LogP contribution in [0.4, 0.5) is 0 Å². The zero-order valence-corrected chi connectivity index (χ0v) is 12.5. The molecule has 1 aromatic carbocycles. The van der Waals surface area contributed by atoms with E-state index in [0.29, 0.717) is 18.6 Å². The number of likely N-dealkylation sites (N-methyl/N-ethyl adjacent to an activating group) is 1. The van der Waals surface area contributed by atoms with Crippen LogP contribution < -0.4 is 4.74 Å². The van der Waals surface area contributed by atoms with E-state index in [2.05, 4.69) is 6.92 Å². The third kappa shape index (κ3) is 3.62. The van der Waals surface area contributed by atoms with E-state index in [1.165, 1.54) is 12.8 Å². The minimum Gasteiger partial charge on any atom is -0.493 e. The first-order valence-corrected chi connectivity index (χ1v) is 7.30. The zero-order chi connectivity index (χ0) is 14.5. The van der Waals surface area contributed by atoms with Crippen molar-refractivity contribution in [3.8, 4) is 5.75 Å². The first-order chi connectivity index (χ1) is 9.63. The van der Waals surface area contributed by atoms with Crippen molar-refractivity contribution in [2.75, 3.05) is 13.7 Å². The summed E-state index contributed by atoms with van der Waals surface area (Å²) in [5.41, 5.74) is 0.940. The second-order valence-corrected chi connectivity index (χ2v) is 5.33. The highest BCUT2D eigenvalue weighted by atomic mass is 16.5. The van der Waals surface area contributed by atoms with Crippen LogP contribution >= 0.6 is 0 Å². The molecule has 1 unspecified atom stereocenters. The fourth-order valence-electron chi connectivity index (χ4n) is 2.28. The van der Waals surface area contributed by atoms with Gasteiger partial charge < -0.3 is 9.64 Å². The second kappa shape index (κ2) is 6.60. The number of ether oxygens (including phenoxy) is 1.